The maximum atomic E-state index is 12.7. The lowest BCUT2D eigenvalue weighted by molar-refractivity contribution is -0.161. The van der Waals surface area contributed by atoms with Gasteiger partial charge in [-0.1, -0.05) is 214 Å². The Kier molecular flexibility index (Phi) is 49.0. The molecular weight excluding hydrogens is 844 g/mol. The predicted octanol–water partition coefficient (Wildman–Crippen LogP) is 17.6. The summed E-state index contributed by atoms with van der Waals surface area (Å²) in [5, 5.41) is 0. The third kappa shape index (κ3) is 50.4. The zero-order valence-electron chi connectivity index (χ0n) is 42.3. The fourth-order valence-electron chi connectivity index (χ4n) is 7.08. The molecule has 0 spiro atoms. The molecule has 2 unspecified atom stereocenters. The Labute approximate surface area is 405 Å². The van der Waals surface area contributed by atoms with Crippen molar-refractivity contribution in [1.82, 2.24) is 0 Å². The van der Waals surface area contributed by atoms with Gasteiger partial charge in [-0.15, -0.1) is 0 Å². The van der Waals surface area contributed by atoms with E-state index in [0.717, 1.165) is 103 Å². The summed E-state index contributed by atoms with van der Waals surface area (Å²) in [4.78, 5) is 35.0. The van der Waals surface area contributed by atoms with Crippen LogP contribution in [0, 0.1) is 0 Å². The fraction of sp³-hybridized carbons (Fsp3) is 0.684. The van der Waals surface area contributed by atoms with E-state index in [1.807, 2.05) is 0 Å². The first kappa shape index (κ1) is 63.0. The SMILES string of the molecule is CC/C=C\C/C=C\C/C=C\C/C=C\CCCCCCCCCCCCC(=O)OCC(COP(=O)(O)OCC)OC(=O)CCCCCCCCCCCC/C=C\C/C=C\C/C=C\C/C=C\CC. The number of phosphoric ester groups is 1. The van der Waals surface area contributed by atoms with Crippen LogP contribution < -0.4 is 0 Å². The Morgan fingerprint density at radius 3 is 1.09 bits per heavy atom. The van der Waals surface area contributed by atoms with Crippen molar-refractivity contribution < 1.29 is 37.6 Å². The second-order valence-corrected chi connectivity index (χ2v) is 18.6. The molecule has 0 aromatic carbocycles. The van der Waals surface area contributed by atoms with Crippen LogP contribution in [0.4, 0.5) is 0 Å². The van der Waals surface area contributed by atoms with Crippen LogP contribution in [0.5, 0.6) is 0 Å². The average Bonchev–Trinajstić information content (AvgIpc) is 3.30. The summed E-state index contributed by atoms with van der Waals surface area (Å²) in [5.74, 6) is -0.809. The molecule has 0 amide bonds. The average molecular weight is 941 g/mol. The minimum atomic E-state index is -4.30. The van der Waals surface area contributed by atoms with Crippen LogP contribution in [-0.4, -0.2) is 42.8 Å². The van der Waals surface area contributed by atoms with Gasteiger partial charge in [0.1, 0.15) is 6.61 Å². The number of hydrogen-bond acceptors (Lipinski definition) is 7. The molecule has 1 N–H and O–H groups in total. The number of carbonyl (C=O) groups excluding carboxylic acids is 2. The van der Waals surface area contributed by atoms with E-state index in [2.05, 4.69) is 111 Å². The minimum Gasteiger partial charge on any atom is -0.462 e. The van der Waals surface area contributed by atoms with Gasteiger partial charge < -0.3 is 14.4 Å². The third-order valence-corrected chi connectivity index (χ3v) is 11.9. The van der Waals surface area contributed by atoms with Crippen molar-refractivity contribution in [3.8, 4) is 0 Å². The van der Waals surface area contributed by atoms with Gasteiger partial charge in [-0.2, -0.15) is 0 Å². The monoisotopic (exact) mass is 941 g/mol. The van der Waals surface area contributed by atoms with E-state index in [1.54, 1.807) is 6.92 Å². The third-order valence-electron chi connectivity index (χ3n) is 10.9. The van der Waals surface area contributed by atoms with Gasteiger partial charge in [0.15, 0.2) is 6.10 Å². The minimum absolute atomic E-state index is 0.00572. The summed E-state index contributed by atoms with van der Waals surface area (Å²) in [7, 11) is -4.30. The molecule has 9 heteroatoms. The van der Waals surface area contributed by atoms with Crippen LogP contribution in [0.2, 0.25) is 0 Å². The lowest BCUT2D eigenvalue weighted by Gasteiger charge is -2.19. The van der Waals surface area contributed by atoms with Crippen LogP contribution in [-0.2, 0) is 32.7 Å². The van der Waals surface area contributed by atoms with Gasteiger partial charge in [0.2, 0.25) is 0 Å². The molecule has 0 bridgehead atoms. The Morgan fingerprint density at radius 2 is 0.727 bits per heavy atom. The molecule has 0 radical (unpaired) electrons. The van der Waals surface area contributed by atoms with E-state index in [9.17, 15) is 19.0 Å². The van der Waals surface area contributed by atoms with Gasteiger partial charge in [-0.25, -0.2) is 4.57 Å². The van der Waals surface area contributed by atoms with Crippen LogP contribution in [0.3, 0.4) is 0 Å². The fourth-order valence-corrected chi connectivity index (χ4v) is 7.84. The molecule has 0 saturated heterocycles. The van der Waals surface area contributed by atoms with Crippen molar-refractivity contribution in [2.45, 2.75) is 232 Å². The van der Waals surface area contributed by atoms with Gasteiger partial charge in [0, 0.05) is 12.8 Å². The number of phosphoric acid groups is 1. The number of esters is 2. The molecule has 8 nitrogen and oxygen atoms in total. The van der Waals surface area contributed by atoms with Gasteiger partial charge in [0.25, 0.3) is 0 Å². The van der Waals surface area contributed by atoms with Gasteiger partial charge >= 0.3 is 19.8 Å². The number of allylic oxidation sites excluding steroid dienone is 16. The summed E-state index contributed by atoms with van der Waals surface area (Å²) >= 11 is 0. The molecule has 0 heterocycles. The first-order valence-corrected chi connectivity index (χ1v) is 28.0. The Morgan fingerprint density at radius 1 is 0.409 bits per heavy atom. The van der Waals surface area contributed by atoms with E-state index in [0.29, 0.717) is 6.42 Å². The highest BCUT2D eigenvalue weighted by atomic mass is 31.2. The van der Waals surface area contributed by atoms with Crippen molar-refractivity contribution in [3.05, 3.63) is 97.2 Å². The molecular formula is C57H97O8P. The highest BCUT2D eigenvalue weighted by Gasteiger charge is 2.25. The van der Waals surface area contributed by atoms with Crippen LogP contribution in [0.15, 0.2) is 97.2 Å². The van der Waals surface area contributed by atoms with E-state index >= 15 is 0 Å². The summed E-state index contributed by atoms with van der Waals surface area (Å²) in [5.41, 5.74) is 0. The highest BCUT2D eigenvalue weighted by Crippen LogP contribution is 2.43. The zero-order valence-corrected chi connectivity index (χ0v) is 43.2. The summed E-state index contributed by atoms with van der Waals surface area (Å²) in [6, 6.07) is 0. The van der Waals surface area contributed by atoms with Crippen molar-refractivity contribution in [3.63, 3.8) is 0 Å². The summed E-state index contributed by atoms with van der Waals surface area (Å²) in [6.45, 7) is 5.26. The molecule has 378 valence electrons. The van der Waals surface area contributed by atoms with Crippen molar-refractivity contribution in [1.29, 1.82) is 0 Å². The largest absolute Gasteiger partial charge is 0.472 e. The van der Waals surface area contributed by atoms with E-state index in [-0.39, 0.29) is 32.0 Å². The van der Waals surface area contributed by atoms with Crippen molar-refractivity contribution in [2.75, 3.05) is 19.8 Å². The molecule has 0 aliphatic heterocycles. The lowest BCUT2D eigenvalue weighted by Crippen LogP contribution is -2.29. The van der Waals surface area contributed by atoms with Crippen LogP contribution in [0.25, 0.3) is 0 Å². The molecule has 2 atom stereocenters. The van der Waals surface area contributed by atoms with Crippen LogP contribution in [0.1, 0.15) is 226 Å². The van der Waals surface area contributed by atoms with E-state index in [4.69, 9.17) is 18.5 Å². The maximum Gasteiger partial charge on any atom is 0.472 e. The molecule has 0 aliphatic rings. The Hall–Kier alpha value is -3.03. The lowest BCUT2D eigenvalue weighted by atomic mass is 10.0. The molecule has 0 saturated carbocycles. The van der Waals surface area contributed by atoms with Gasteiger partial charge in [0.05, 0.1) is 13.2 Å². The second-order valence-electron chi connectivity index (χ2n) is 17.1. The molecule has 0 rings (SSSR count). The predicted molar refractivity (Wildman–Crippen MR) is 280 cm³/mol. The number of rotatable bonds is 48. The zero-order chi connectivity index (χ0) is 48.1. The number of hydrogen-bond donors (Lipinski definition) is 1. The maximum absolute atomic E-state index is 12.7. The molecule has 0 aliphatic carbocycles. The quantitative estimate of drug-likeness (QED) is 0.0278. The van der Waals surface area contributed by atoms with Gasteiger partial charge in [-0.05, 0) is 96.8 Å². The smallest absolute Gasteiger partial charge is 0.462 e. The number of ether oxygens (including phenoxy) is 2. The number of unbranched alkanes of at least 4 members (excludes halogenated alkanes) is 20. The molecule has 66 heavy (non-hydrogen) atoms. The topological polar surface area (TPSA) is 108 Å². The van der Waals surface area contributed by atoms with E-state index < -0.39 is 26.5 Å². The second kappa shape index (κ2) is 51.4. The normalized spacial score (nSPS) is 13.9. The summed E-state index contributed by atoms with van der Waals surface area (Å²) < 4.78 is 32.8. The van der Waals surface area contributed by atoms with Gasteiger partial charge in [-0.3, -0.25) is 18.6 Å². The van der Waals surface area contributed by atoms with Crippen molar-refractivity contribution >= 4 is 19.8 Å². The molecule has 0 aromatic rings. The Balaban J connectivity index is 3.99. The number of carbonyl (C=O) groups is 2. The highest BCUT2D eigenvalue weighted by molar-refractivity contribution is 7.47. The Bertz CT molecular complexity index is 1390. The van der Waals surface area contributed by atoms with Crippen molar-refractivity contribution in [2.24, 2.45) is 0 Å². The standard InChI is InChI=1S/C57H97O8P/c1-4-7-9-11-13-15-17-19-21-23-25-27-29-31-33-35-37-39-41-43-45-47-49-51-56(58)62-53-55(54-64-66(60,61)63-6-3)65-57(59)52-50-48-46-44-42-40-38-36-34-32-30-28-26-24-22-20-18-16-14-12-10-8-5-2/h7-10,13-16,19-22,25-28,55H,4-6,11-12,17-18,23-24,29-54H2,1-3H3,(H,60,61)/b9-7-,10-8-,15-13-,16-14-,21-19-,22-20-,27-25-,28-26-. The molecule has 0 fully saturated rings. The summed E-state index contributed by atoms with van der Waals surface area (Å²) in [6.07, 6.45) is 69.0. The van der Waals surface area contributed by atoms with Crippen LogP contribution >= 0.6 is 7.82 Å². The molecule has 0 aromatic heterocycles. The first-order chi connectivity index (χ1) is 32.3. The van der Waals surface area contributed by atoms with E-state index in [1.165, 1.54) is 83.5 Å². The first-order valence-electron chi connectivity index (χ1n) is 26.5.